The first-order chi connectivity index (χ1) is 9.08. The van der Waals surface area contributed by atoms with Crippen LogP contribution in [0.4, 0.5) is 0 Å². The van der Waals surface area contributed by atoms with Crippen molar-refractivity contribution < 1.29 is 21.9 Å². The molecule has 1 saturated heterocycles. The molecule has 1 fully saturated rings. The largest absolute Gasteiger partial charge is 0.396 e. The van der Waals surface area contributed by atoms with Gasteiger partial charge in [-0.15, -0.1) is 0 Å². The van der Waals surface area contributed by atoms with Crippen LogP contribution in [0.3, 0.4) is 0 Å². The Morgan fingerprint density at radius 2 is 1.80 bits per heavy atom. The van der Waals surface area contributed by atoms with E-state index in [0.29, 0.717) is 13.0 Å². The van der Waals surface area contributed by atoms with Crippen LogP contribution in [0.15, 0.2) is 0 Å². The molecule has 1 rings (SSSR count). The molecule has 0 atom stereocenters. The molecule has 0 aromatic carbocycles. The molecule has 2 N–H and O–H groups in total. The number of nitrogens with one attached hydrogen (secondary N) is 1. The lowest BCUT2D eigenvalue weighted by molar-refractivity contribution is 0.242. The summed E-state index contributed by atoms with van der Waals surface area (Å²) in [5.74, 6) is -0.0983. The van der Waals surface area contributed by atoms with E-state index in [2.05, 4.69) is 4.72 Å². The van der Waals surface area contributed by atoms with Crippen molar-refractivity contribution in [2.24, 2.45) is 5.41 Å². The summed E-state index contributed by atoms with van der Waals surface area (Å²) in [6, 6.07) is 0. The Morgan fingerprint density at radius 1 is 1.25 bits per heavy atom. The number of sulfonamides is 1. The third-order valence-corrected chi connectivity index (χ3v) is 7.32. The van der Waals surface area contributed by atoms with Crippen molar-refractivity contribution >= 4 is 19.9 Å². The summed E-state index contributed by atoms with van der Waals surface area (Å²) < 4.78 is 49.6. The van der Waals surface area contributed by atoms with Crippen LogP contribution in [0.5, 0.6) is 0 Å². The zero-order valence-electron chi connectivity index (χ0n) is 12.1. The highest BCUT2D eigenvalue weighted by Gasteiger charge is 2.33. The molecule has 1 heterocycles. The second kappa shape index (κ2) is 6.72. The first-order valence-corrected chi connectivity index (χ1v) is 10.2. The summed E-state index contributed by atoms with van der Waals surface area (Å²) in [6.45, 7) is 4.28. The highest BCUT2D eigenvalue weighted by atomic mass is 32.2. The minimum absolute atomic E-state index is 0.0491. The summed E-state index contributed by atoms with van der Waals surface area (Å²) in [5, 5.41) is 8.20. The van der Waals surface area contributed by atoms with Gasteiger partial charge in [0.25, 0.3) is 0 Å². The fourth-order valence-corrected chi connectivity index (χ4v) is 5.71. The smallest absolute Gasteiger partial charge is 0.214 e. The van der Waals surface area contributed by atoms with Gasteiger partial charge in [0, 0.05) is 13.2 Å². The molecule has 6 nitrogen and oxygen atoms in total. The molecule has 1 aliphatic heterocycles. The second-order valence-corrected chi connectivity index (χ2v) is 10.6. The fraction of sp³-hybridized carbons (Fsp3) is 1.00. The average molecular weight is 327 g/mol. The van der Waals surface area contributed by atoms with Crippen molar-refractivity contribution in [1.82, 2.24) is 4.72 Å². The molecule has 0 aliphatic carbocycles. The van der Waals surface area contributed by atoms with Gasteiger partial charge in [-0.05, 0) is 31.1 Å². The van der Waals surface area contributed by atoms with Crippen LogP contribution in [0.25, 0.3) is 0 Å². The molecule has 0 unspecified atom stereocenters. The molecule has 0 bridgehead atoms. The summed E-state index contributed by atoms with van der Waals surface area (Å²) in [7, 11) is -6.52. The normalized spacial score (nSPS) is 20.9. The Labute approximate surface area is 121 Å². The third-order valence-electron chi connectivity index (χ3n) is 3.70. The number of hydrogen-bond donors (Lipinski definition) is 2. The van der Waals surface area contributed by atoms with Crippen LogP contribution in [-0.4, -0.2) is 51.8 Å². The van der Waals surface area contributed by atoms with Gasteiger partial charge in [-0.1, -0.05) is 13.8 Å². The van der Waals surface area contributed by atoms with Gasteiger partial charge in [0.05, 0.1) is 16.8 Å². The molecule has 20 heavy (non-hydrogen) atoms. The van der Waals surface area contributed by atoms with Crippen LogP contribution in [0.1, 0.15) is 39.5 Å². The van der Waals surface area contributed by atoms with E-state index in [-0.39, 0.29) is 36.4 Å². The van der Waals surface area contributed by atoms with Gasteiger partial charge in [-0.3, -0.25) is 0 Å². The van der Waals surface area contributed by atoms with E-state index in [9.17, 15) is 16.8 Å². The fourth-order valence-electron chi connectivity index (χ4n) is 2.24. The van der Waals surface area contributed by atoms with Crippen molar-refractivity contribution in [1.29, 1.82) is 0 Å². The minimum Gasteiger partial charge on any atom is -0.396 e. The van der Waals surface area contributed by atoms with Gasteiger partial charge in [0.1, 0.15) is 9.84 Å². The molecule has 0 saturated carbocycles. The van der Waals surface area contributed by atoms with E-state index in [0.717, 1.165) is 6.42 Å². The molecular formula is C12H25NO5S2. The molecule has 0 aromatic heterocycles. The minimum atomic E-state index is -3.47. The number of sulfone groups is 1. The quantitative estimate of drug-likeness (QED) is 0.699. The molecule has 0 aromatic rings. The van der Waals surface area contributed by atoms with Crippen LogP contribution < -0.4 is 4.72 Å². The van der Waals surface area contributed by atoms with Gasteiger partial charge >= 0.3 is 0 Å². The van der Waals surface area contributed by atoms with Crippen LogP contribution in [0, 0.1) is 5.41 Å². The van der Waals surface area contributed by atoms with Crippen molar-refractivity contribution in [2.45, 2.75) is 44.8 Å². The topological polar surface area (TPSA) is 101 Å². The molecule has 0 amide bonds. The molecule has 120 valence electrons. The lowest BCUT2D eigenvalue weighted by atomic mass is 9.88. The van der Waals surface area contributed by atoms with Crippen LogP contribution >= 0.6 is 0 Å². The Kier molecular flexibility index (Phi) is 6.01. The van der Waals surface area contributed by atoms with Gasteiger partial charge < -0.3 is 5.11 Å². The monoisotopic (exact) mass is 327 g/mol. The van der Waals surface area contributed by atoms with Gasteiger partial charge in [0.15, 0.2) is 0 Å². The zero-order valence-corrected chi connectivity index (χ0v) is 13.8. The van der Waals surface area contributed by atoms with Crippen molar-refractivity contribution in [2.75, 3.05) is 24.7 Å². The Bertz CT molecular complexity index is 496. The third kappa shape index (κ3) is 5.67. The molecule has 1 aliphatic rings. The van der Waals surface area contributed by atoms with E-state index in [1.54, 1.807) is 0 Å². The number of aliphatic hydroxyl groups excluding tert-OH is 1. The molecular weight excluding hydrogens is 302 g/mol. The van der Waals surface area contributed by atoms with E-state index in [4.69, 9.17) is 5.11 Å². The first kappa shape index (κ1) is 17.9. The zero-order chi connectivity index (χ0) is 15.4. The SMILES string of the molecule is CC(C)(CCCO)CNS(=O)(=O)C1CCS(=O)(=O)CC1. The Hall–Kier alpha value is -0.180. The van der Waals surface area contributed by atoms with Crippen molar-refractivity contribution in [3.05, 3.63) is 0 Å². The number of hydrogen-bond acceptors (Lipinski definition) is 5. The second-order valence-electron chi connectivity index (χ2n) is 6.21. The predicted molar refractivity (Wildman–Crippen MR) is 78.7 cm³/mol. The number of rotatable bonds is 7. The van der Waals surface area contributed by atoms with E-state index >= 15 is 0 Å². The maximum Gasteiger partial charge on any atom is 0.214 e. The lowest BCUT2D eigenvalue weighted by Crippen LogP contribution is -2.43. The number of aliphatic hydroxyl groups is 1. The standard InChI is InChI=1S/C12H25NO5S2/c1-12(2,6-3-7-14)10-13-20(17,18)11-4-8-19(15,16)9-5-11/h11,13-14H,3-10H2,1-2H3. The Morgan fingerprint density at radius 3 is 2.30 bits per heavy atom. The Balaban J connectivity index is 2.54. The van der Waals surface area contributed by atoms with Gasteiger partial charge in [0.2, 0.25) is 10.0 Å². The van der Waals surface area contributed by atoms with Gasteiger partial charge in [-0.2, -0.15) is 0 Å². The molecule has 0 radical (unpaired) electrons. The lowest BCUT2D eigenvalue weighted by Gasteiger charge is -2.27. The highest BCUT2D eigenvalue weighted by molar-refractivity contribution is 7.92. The average Bonchev–Trinajstić information content (AvgIpc) is 2.34. The van der Waals surface area contributed by atoms with Crippen molar-refractivity contribution in [3.8, 4) is 0 Å². The maximum atomic E-state index is 12.2. The van der Waals surface area contributed by atoms with E-state index in [1.807, 2.05) is 13.8 Å². The van der Waals surface area contributed by atoms with Crippen LogP contribution in [0.2, 0.25) is 0 Å². The summed E-state index contributed by atoms with van der Waals surface area (Å²) in [4.78, 5) is 0. The molecule has 0 spiro atoms. The van der Waals surface area contributed by atoms with Gasteiger partial charge in [-0.25, -0.2) is 21.6 Å². The molecule has 8 heteroatoms. The summed E-state index contributed by atoms with van der Waals surface area (Å²) >= 11 is 0. The summed E-state index contributed by atoms with van der Waals surface area (Å²) in [6.07, 6.45) is 1.71. The van der Waals surface area contributed by atoms with E-state index < -0.39 is 25.1 Å². The van der Waals surface area contributed by atoms with E-state index in [1.165, 1.54) is 0 Å². The van der Waals surface area contributed by atoms with Crippen molar-refractivity contribution in [3.63, 3.8) is 0 Å². The first-order valence-electron chi connectivity index (χ1n) is 6.88. The highest BCUT2D eigenvalue weighted by Crippen LogP contribution is 2.23. The maximum absolute atomic E-state index is 12.2. The predicted octanol–water partition coefficient (Wildman–Crippen LogP) is 0.282. The van der Waals surface area contributed by atoms with Crippen LogP contribution in [-0.2, 0) is 19.9 Å². The summed E-state index contributed by atoms with van der Waals surface area (Å²) in [5.41, 5.74) is -0.226.